The van der Waals surface area contributed by atoms with Crippen molar-refractivity contribution in [3.8, 4) is 0 Å². The van der Waals surface area contributed by atoms with Crippen LogP contribution in [0.15, 0.2) is 10.9 Å². The molecule has 1 fully saturated rings. The van der Waals surface area contributed by atoms with E-state index in [0.29, 0.717) is 5.95 Å². The monoisotopic (exact) mass is 154 g/mol. The molecular formula is C6H10N4O. The first-order chi connectivity index (χ1) is 5.47. The van der Waals surface area contributed by atoms with Gasteiger partial charge in [0.05, 0.1) is 0 Å². The van der Waals surface area contributed by atoms with E-state index in [0.717, 1.165) is 26.2 Å². The van der Waals surface area contributed by atoms with Gasteiger partial charge in [0.2, 0.25) is 6.39 Å². The quantitative estimate of drug-likeness (QED) is 0.589. The summed E-state index contributed by atoms with van der Waals surface area (Å²) in [5.41, 5.74) is 0. The molecule has 1 aromatic rings. The van der Waals surface area contributed by atoms with Gasteiger partial charge in [-0.3, -0.25) is 0 Å². The Balaban J connectivity index is 2.04. The standard InChI is InChI=1S/C6H10N4O/c1-3-10(4-2-7-1)6-8-5-11-9-6/h5,7H,1-4H2. The van der Waals surface area contributed by atoms with Crippen LogP contribution in [0.25, 0.3) is 0 Å². The minimum atomic E-state index is 0.700. The van der Waals surface area contributed by atoms with Crippen molar-refractivity contribution in [1.29, 1.82) is 0 Å². The van der Waals surface area contributed by atoms with Crippen LogP contribution in [0, 0.1) is 0 Å². The summed E-state index contributed by atoms with van der Waals surface area (Å²) in [4.78, 5) is 6.06. The molecule has 1 saturated heterocycles. The highest BCUT2D eigenvalue weighted by atomic mass is 16.5. The normalized spacial score (nSPS) is 18.7. The fraction of sp³-hybridized carbons (Fsp3) is 0.667. The second kappa shape index (κ2) is 2.87. The number of anilines is 1. The van der Waals surface area contributed by atoms with E-state index in [1.807, 2.05) is 0 Å². The molecule has 2 rings (SSSR count). The van der Waals surface area contributed by atoms with Crippen LogP contribution in [-0.4, -0.2) is 36.3 Å². The number of nitrogens with one attached hydrogen (secondary N) is 1. The van der Waals surface area contributed by atoms with Crippen molar-refractivity contribution in [3.05, 3.63) is 6.39 Å². The topological polar surface area (TPSA) is 54.2 Å². The van der Waals surface area contributed by atoms with E-state index >= 15 is 0 Å². The first-order valence-corrected chi connectivity index (χ1v) is 3.69. The molecule has 1 N–H and O–H groups in total. The lowest BCUT2D eigenvalue weighted by Crippen LogP contribution is -2.44. The Morgan fingerprint density at radius 3 is 2.91 bits per heavy atom. The number of hydrogen-bond acceptors (Lipinski definition) is 5. The molecule has 5 heteroatoms. The Hall–Kier alpha value is -1.10. The highest BCUT2D eigenvalue weighted by Gasteiger charge is 2.13. The molecule has 0 amide bonds. The SMILES string of the molecule is c1nc(N2CCNCC2)no1. The first-order valence-electron chi connectivity index (χ1n) is 3.69. The van der Waals surface area contributed by atoms with Gasteiger partial charge in [0.1, 0.15) is 0 Å². The van der Waals surface area contributed by atoms with Crippen LogP contribution in [0.5, 0.6) is 0 Å². The minimum Gasteiger partial charge on any atom is -0.341 e. The summed E-state index contributed by atoms with van der Waals surface area (Å²) in [7, 11) is 0. The molecule has 1 aliphatic rings. The summed E-state index contributed by atoms with van der Waals surface area (Å²) in [6.45, 7) is 3.90. The van der Waals surface area contributed by atoms with E-state index in [4.69, 9.17) is 0 Å². The van der Waals surface area contributed by atoms with Gasteiger partial charge in [-0.05, 0) is 5.16 Å². The van der Waals surface area contributed by atoms with Crippen molar-refractivity contribution in [2.24, 2.45) is 0 Å². The zero-order chi connectivity index (χ0) is 7.52. The lowest BCUT2D eigenvalue weighted by Gasteiger charge is -2.25. The number of hydrogen-bond donors (Lipinski definition) is 1. The van der Waals surface area contributed by atoms with Gasteiger partial charge >= 0.3 is 0 Å². The fourth-order valence-corrected chi connectivity index (χ4v) is 1.17. The molecule has 0 unspecified atom stereocenters. The van der Waals surface area contributed by atoms with Gasteiger partial charge in [0, 0.05) is 26.2 Å². The van der Waals surface area contributed by atoms with Crippen molar-refractivity contribution in [2.75, 3.05) is 31.1 Å². The molecule has 0 spiro atoms. The van der Waals surface area contributed by atoms with Gasteiger partial charge in [-0.25, -0.2) is 0 Å². The smallest absolute Gasteiger partial charge is 0.265 e. The molecule has 0 saturated carbocycles. The summed E-state index contributed by atoms with van der Waals surface area (Å²) < 4.78 is 4.64. The summed E-state index contributed by atoms with van der Waals surface area (Å²) in [5.74, 6) is 0.700. The number of rotatable bonds is 1. The number of aromatic nitrogens is 2. The molecule has 2 heterocycles. The molecule has 5 nitrogen and oxygen atoms in total. The van der Waals surface area contributed by atoms with E-state index in [1.165, 1.54) is 6.39 Å². The van der Waals surface area contributed by atoms with Crippen LogP contribution in [0.4, 0.5) is 5.95 Å². The van der Waals surface area contributed by atoms with Crippen molar-refractivity contribution in [1.82, 2.24) is 15.5 Å². The van der Waals surface area contributed by atoms with Gasteiger partial charge in [0.25, 0.3) is 5.95 Å². The maximum absolute atomic E-state index is 4.64. The van der Waals surface area contributed by atoms with Gasteiger partial charge in [-0.2, -0.15) is 4.98 Å². The van der Waals surface area contributed by atoms with Crippen molar-refractivity contribution in [3.63, 3.8) is 0 Å². The van der Waals surface area contributed by atoms with Crippen molar-refractivity contribution < 1.29 is 4.52 Å². The van der Waals surface area contributed by atoms with Crippen LogP contribution in [0.2, 0.25) is 0 Å². The van der Waals surface area contributed by atoms with Crippen LogP contribution in [0.3, 0.4) is 0 Å². The zero-order valence-electron chi connectivity index (χ0n) is 6.16. The number of piperazine rings is 1. The molecule has 0 radical (unpaired) electrons. The average Bonchev–Trinajstić information content (AvgIpc) is 2.58. The molecule has 11 heavy (non-hydrogen) atoms. The Morgan fingerprint density at radius 2 is 2.27 bits per heavy atom. The molecule has 0 aliphatic carbocycles. The average molecular weight is 154 g/mol. The molecule has 60 valence electrons. The molecule has 0 aromatic carbocycles. The van der Waals surface area contributed by atoms with Gasteiger partial charge in [-0.1, -0.05) is 0 Å². The Labute approximate surface area is 64.4 Å². The highest BCUT2D eigenvalue weighted by Crippen LogP contribution is 2.05. The fourth-order valence-electron chi connectivity index (χ4n) is 1.17. The lowest BCUT2D eigenvalue weighted by atomic mass is 10.4. The minimum absolute atomic E-state index is 0.700. The third-order valence-corrected chi connectivity index (χ3v) is 1.75. The summed E-state index contributed by atoms with van der Waals surface area (Å²) in [6, 6.07) is 0. The third-order valence-electron chi connectivity index (χ3n) is 1.75. The van der Waals surface area contributed by atoms with Crippen LogP contribution in [0.1, 0.15) is 0 Å². The zero-order valence-corrected chi connectivity index (χ0v) is 6.16. The lowest BCUT2D eigenvalue weighted by molar-refractivity contribution is 0.414. The van der Waals surface area contributed by atoms with E-state index in [-0.39, 0.29) is 0 Å². The maximum Gasteiger partial charge on any atom is 0.265 e. The van der Waals surface area contributed by atoms with Gasteiger partial charge < -0.3 is 14.7 Å². The first kappa shape index (κ1) is 6.60. The van der Waals surface area contributed by atoms with Crippen LogP contribution >= 0.6 is 0 Å². The molecule has 0 bridgehead atoms. The van der Waals surface area contributed by atoms with Gasteiger partial charge in [0.15, 0.2) is 0 Å². The molecule has 1 aromatic heterocycles. The van der Waals surface area contributed by atoms with E-state index in [1.54, 1.807) is 0 Å². The van der Waals surface area contributed by atoms with Crippen LogP contribution in [-0.2, 0) is 0 Å². The second-order valence-corrected chi connectivity index (χ2v) is 2.47. The molecule has 1 aliphatic heterocycles. The predicted octanol–water partition coefficient (Wildman–Crippen LogP) is -0.521. The Morgan fingerprint density at radius 1 is 1.45 bits per heavy atom. The van der Waals surface area contributed by atoms with Crippen molar-refractivity contribution in [2.45, 2.75) is 0 Å². The largest absolute Gasteiger partial charge is 0.341 e. The summed E-state index contributed by atoms with van der Waals surface area (Å²) in [6.07, 6.45) is 1.36. The van der Waals surface area contributed by atoms with Gasteiger partial charge in [-0.15, -0.1) is 0 Å². The maximum atomic E-state index is 4.64. The predicted molar refractivity (Wildman–Crippen MR) is 39.4 cm³/mol. The van der Waals surface area contributed by atoms with E-state index in [2.05, 4.69) is 24.9 Å². The second-order valence-electron chi connectivity index (χ2n) is 2.47. The van der Waals surface area contributed by atoms with Crippen molar-refractivity contribution >= 4 is 5.95 Å². The number of nitrogens with zero attached hydrogens (tertiary/aromatic N) is 3. The Bertz CT molecular complexity index is 204. The summed E-state index contributed by atoms with van der Waals surface area (Å²) in [5, 5.41) is 7.00. The highest BCUT2D eigenvalue weighted by molar-refractivity contribution is 5.26. The van der Waals surface area contributed by atoms with E-state index < -0.39 is 0 Å². The Kier molecular flexibility index (Phi) is 1.72. The molecule has 0 atom stereocenters. The van der Waals surface area contributed by atoms with E-state index in [9.17, 15) is 0 Å². The summed E-state index contributed by atoms with van der Waals surface area (Å²) >= 11 is 0. The molecular weight excluding hydrogens is 144 g/mol. The van der Waals surface area contributed by atoms with Crippen LogP contribution < -0.4 is 10.2 Å². The third kappa shape index (κ3) is 1.32.